The van der Waals surface area contributed by atoms with Crippen LogP contribution in [0.3, 0.4) is 0 Å². The van der Waals surface area contributed by atoms with Gasteiger partial charge in [0.25, 0.3) is 0 Å². The highest BCUT2D eigenvalue weighted by Crippen LogP contribution is 2.31. The monoisotopic (exact) mass is 721 g/mol. The van der Waals surface area contributed by atoms with Crippen LogP contribution in [0.25, 0.3) is 0 Å². The van der Waals surface area contributed by atoms with Gasteiger partial charge < -0.3 is 9.47 Å². The van der Waals surface area contributed by atoms with Crippen LogP contribution in [0.4, 0.5) is 0 Å². The van der Waals surface area contributed by atoms with Gasteiger partial charge >= 0.3 is 0 Å². The molecule has 0 saturated heterocycles. The molecule has 300 valence electrons. The molecule has 0 aliphatic heterocycles. The fourth-order valence-corrected chi connectivity index (χ4v) is 3.75. The molecule has 0 spiro atoms. The second-order valence-corrected chi connectivity index (χ2v) is 11.3. The van der Waals surface area contributed by atoms with Crippen LogP contribution >= 0.6 is 0 Å². The number of methoxy groups -OCH3 is 2. The van der Waals surface area contributed by atoms with Crippen molar-refractivity contribution >= 4 is 0 Å². The van der Waals surface area contributed by atoms with E-state index in [4.69, 9.17) is 0 Å². The standard InChI is InChI=1S/2C15H16.2C3H8O.2C3H8.4C2H6/c2*1-15(2,13-9-5-3-6-10-13)14-11-7-4-8-12-14;2*1-3-4-2;2*1-3-2;4*1-2/h2*3-12H,1-2H3;2*3H2,1-2H3;2*3H2,1-2H3;4*1-2H3. The first kappa shape index (κ1) is 60.9. The van der Waals surface area contributed by atoms with Gasteiger partial charge in [-0.05, 0) is 36.1 Å². The molecular formula is C50H88O2. The highest BCUT2D eigenvalue weighted by molar-refractivity contribution is 5.38. The molecule has 0 bridgehead atoms. The van der Waals surface area contributed by atoms with Crippen molar-refractivity contribution in [3.8, 4) is 0 Å². The van der Waals surface area contributed by atoms with E-state index in [9.17, 15) is 0 Å². The number of hydrogen-bond donors (Lipinski definition) is 0. The van der Waals surface area contributed by atoms with E-state index in [1.165, 1.54) is 35.1 Å². The number of hydrogen-bond acceptors (Lipinski definition) is 2. The van der Waals surface area contributed by atoms with Crippen molar-refractivity contribution in [3.05, 3.63) is 144 Å². The summed E-state index contributed by atoms with van der Waals surface area (Å²) in [6.45, 7) is 39.1. The van der Waals surface area contributed by atoms with Gasteiger partial charge in [-0.2, -0.15) is 0 Å². The van der Waals surface area contributed by atoms with Crippen LogP contribution in [0.15, 0.2) is 121 Å². The van der Waals surface area contributed by atoms with Crippen molar-refractivity contribution < 1.29 is 9.47 Å². The summed E-state index contributed by atoms with van der Waals surface area (Å²) in [6.07, 6.45) is 2.50. The third-order valence-electron chi connectivity index (χ3n) is 6.56. The summed E-state index contributed by atoms with van der Waals surface area (Å²) in [7, 11) is 3.36. The largest absolute Gasteiger partial charge is 0.385 e. The van der Waals surface area contributed by atoms with Gasteiger partial charge in [-0.1, -0.05) is 245 Å². The van der Waals surface area contributed by atoms with Crippen LogP contribution in [0, 0.1) is 0 Å². The molecule has 2 heteroatoms. The highest BCUT2D eigenvalue weighted by Gasteiger charge is 2.22. The molecule has 52 heavy (non-hydrogen) atoms. The van der Waals surface area contributed by atoms with Crippen molar-refractivity contribution in [1.29, 1.82) is 0 Å². The van der Waals surface area contributed by atoms with Crippen LogP contribution in [0.1, 0.15) is 160 Å². The van der Waals surface area contributed by atoms with Crippen molar-refractivity contribution in [3.63, 3.8) is 0 Å². The van der Waals surface area contributed by atoms with Gasteiger partial charge in [-0.15, -0.1) is 0 Å². The van der Waals surface area contributed by atoms with Crippen LogP contribution < -0.4 is 0 Å². The first-order valence-corrected chi connectivity index (χ1v) is 20.3. The zero-order valence-electron chi connectivity index (χ0n) is 38.2. The molecule has 0 radical (unpaired) electrons. The van der Waals surface area contributed by atoms with E-state index in [0.717, 1.165) is 13.2 Å². The van der Waals surface area contributed by atoms with E-state index in [1.807, 2.05) is 69.2 Å². The molecule has 0 aliphatic carbocycles. The Balaban J connectivity index is -0.000000132. The molecule has 0 amide bonds. The fourth-order valence-electron chi connectivity index (χ4n) is 3.75. The summed E-state index contributed by atoms with van der Waals surface area (Å²) in [6, 6.07) is 42.5. The van der Waals surface area contributed by atoms with Crippen molar-refractivity contribution in [2.24, 2.45) is 0 Å². The average Bonchev–Trinajstić information content (AvgIpc) is 3.23. The SMILES string of the molecule is CC.CC.CC.CC.CC(C)(c1ccccc1)c1ccccc1.CC(C)(c1ccccc1)c1ccccc1.CCC.CCC.CCOC.CCOC. The second-order valence-electron chi connectivity index (χ2n) is 11.3. The third-order valence-corrected chi connectivity index (χ3v) is 6.56. The molecule has 0 N–H and O–H groups in total. The molecule has 4 aromatic carbocycles. The number of ether oxygens (including phenoxy) is 2. The fraction of sp³-hybridized carbons (Fsp3) is 0.520. The Morgan fingerprint density at radius 3 is 0.538 bits per heavy atom. The molecule has 0 aromatic heterocycles. The summed E-state index contributed by atoms with van der Waals surface area (Å²) in [4.78, 5) is 0. The molecule has 0 heterocycles. The predicted octanol–water partition coefficient (Wildman–Crippen LogP) is 16.3. The lowest BCUT2D eigenvalue weighted by atomic mass is 9.78. The topological polar surface area (TPSA) is 18.5 Å². The van der Waals surface area contributed by atoms with Gasteiger partial charge in [-0.3, -0.25) is 0 Å². The zero-order valence-corrected chi connectivity index (χ0v) is 38.2. The van der Waals surface area contributed by atoms with Gasteiger partial charge in [0.05, 0.1) is 0 Å². The highest BCUT2D eigenvalue weighted by atomic mass is 16.5. The van der Waals surface area contributed by atoms with Gasteiger partial charge in [0.1, 0.15) is 0 Å². The molecular weight excluding hydrogens is 633 g/mol. The number of benzene rings is 4. The van der Waals surface area contributed by atoms with Crippen molar-refractivity contribution in [1.82, 2.24) is 0 Å². The smallest absolute Gasteiger partial charge is 0.0433 e. The van der Waals surface area contributed by atoms with Gasteiger partial charge in [-0.25, -0.2) is 0 Å². The Kier molecular flexibility index (Phi) is 56.0. The lowest BCUT2D eigenvalue weighted by Crippen LogP contribution is -2.18. The Morgan fingerprint density at radius 1 is 0.327 bits per heavy atom. The lowest BCUT2D eigenvalue weighted by Gasteiger charge is -2.25. The van der Waals surface area contributed by atoms with Crippen LogP contribution in [-0.2, 0) is 20.3 Å². The molecule has 0 fully saturated rings. The van der Waals surface area contributed by atoms with E-state index in [1.54, 1.807) is 14.2 Å². The summed E-state index contributed by atoms with van der Waals surface area (Å²) in [5, 5.41) is 0. The molecule has 2 nitrogen and oxygen atoms in total. The molecule has 0 atom stereocenters. The maximum Gasteiger partial charge on any atom is 0.0433 e. The summed E-state index contributed by atoms with van der Waals surface area (Å²) >= 11 is 0. The predicted molar refractivity (Wildman–Crippen MR) is 242 cm³/mol. The van der Waals surface area contributed by atoms with Crippen LogP contribution in [-0.4, -0.2) is 27.4 Å². The van der Waals surface area contributed by atoms with E-state index >= 15 is 0 Å². The summed E-state index contributed by atoms with van der Waals surface area (Å²) in [5.41, 5.74) is 5.60. The Bertz CT molecular complexity index is 926. The second kappa shape index (κ2) is 47.8. The lowest BCUT2D eigenvalue weighted by molar-refractivity contribution is 0.215. The quantitative estimate of drug-likeness (QED) is 0.197. The van der Waals surface area contributed by atoms with Gasteiger partial charge in [0.2, 0.25) is 0 Å². The first-order chi connectivity index (χ1) is 25.1. The van der Waals surface area contributed by atoms with Gasteiger partial charge in [0.15, 0.2) is 0 Å². The molecule has 4 rings (SSSR count). The van der Waals surface area contributed by atoms with E-state index in [-0.39, 0.29) is 10.8 Å². The molecule has 0 saturated carbocycles. The molecule has 4 aromatic rings. The number of rotatable bonds is 6. The van der Waals surface area contributed by atoms with Gasteiger partial charge in [0, 0.05) is 38.3 Å². The summed E-state index contributed by atoms with van der Waals surface area (Å²) < 4.78 is 9.08. The minimum absolute atomic E-state index is 0.0858. The maximum absolute atomic E-state index is 4.54. The average molecular weight is 721 g/mol. The first-order valence-electron chi connectivity index (χ1n) is 20.3. The molecule has 0 aliphatic rings. The zero-order chi connectivity index (χ0) is 41.7. The maximum atomic E-state index is 4.54. The van der Waals surface area contributed by atoms with E-state index in [2.05, 4.69) is 186 Å². The Hall–Kier alpha value is -3.20. The molecule has 0 unspecified atom stereocenters. The van der Waals surface area contributed by atoms with Crippen molar-refractivity contribution in [2.45, 2.75) is 148 Å². The van der Waals surface area contributed by atoms with E-state index in [0.29, 0.717) is 0 Å². The normalized spacial score (nSPS) is 8.85. The van der Waals surface area contributed by atoms with Crippen molar-refractivity contribution in [2.75, 3.05) is 27.4 Å². The van der Waals surface area contributed by atoms with E-state index < -0.39 is 0 Å². The Labute approximate surface area is 327 Å². The van der Waals surface area contributed by atoms with Crippen LogP contribution in [0.5, 0.6) is 0 Å². The van der Waals surface area contributed by atoms with Crippen LogP contribution in [0.2, 0.25) is 0 Å². The Morgan fingerprint density at radius 2 is 0.442 bits per heavy atom. The third kappa shape index (κ3) is 32.7. The minimum atomic E-state index is 0.0858. The summed E-state index contributed by atoms with van der Waals surface area (Å²) in [5.74, 6) is 0. The minimum Gasteiger partial charge on any atom is -0.385 e.